The number of fused-ring (bicyclic) bond motifs is 1. The molecular weight excluding hydrogens is 395 g/mol. The van der Waals surface area contributed by atoms with Gasteiger partial charge in [-0.05, 0) is 54.4 Å². The molecule has 0 radical (unpaired) electrons. The zero-order valence-corrected chi connectivity index (χ0v) is 16.0. The Balaban J connectivity index is 1.73. The standard InChI is InChI=1S/C23H14ClFO4/c1-13-17-11-10-16(28-22(26)18-4-2-3-5-19(18)25)12-20(17)29-23(27)21(13)14-6-8-15(24)9-7-14/h2-12H,1H3. The molecule has 6 heteroatoms. The SMILES string of the molecule is Cc1c(-c2ccc(Cl)cc2)c(=O)oc2cc(OC(=O)c3ccccc3F)ccc12. The Kier molecular flexibility index (Phi) is 4.91. The summed E-state index contributed by atoms with van der Waals surface area (Å²) in [7, 11) is 0. The highest BCUT2D eigenvalue weighted by Gasteiger charge is 2.16. The minimum atomic E-state index is -0.834. The van der Waals surface area contributed by atoms with Gasteiger partial charge in [-0.1, -0.05) is 35.9 Å². The van der Waals surface area contributed by atoms with E-state index >= 15 is 0 Å². The smallest absolute Gasteiger partial charge is 0.346 e. The summed E-state index contributed by atoms with van der Waals surface area (Å²) in [5, 5.41) is 1.26. The predicted octanol–water partition coefficient (Wildman–Crippen LogP) is 5.78. The minimum absolute atomic E-state index is 0.146. The van der Waals surface area contributed by atoms with Gasteiger partial charge >= 0.3 is 11.6 Å². The van der Waals surface area contributed by atoms with Gasteiger partial charge in [0.15, 0.2) is 0 Å². The van der Waals surface area contributed by atoms with Crippen LogP contribution in [0.3, 0.4) is 0 Å². The first-order valence-corrected chi connectivity index (χ1v) is 9.12. The van der Waals surface area contributed by atoms with E-state index in [1.165, 1.54) is 24.3 Å². The molecule has 0 atom stereocenters. The van der Waals surface area contributed by atoms with Gasteiger partial charge in [0.2, 0.25) is 0 Å². The number of halogens is 2. The lowest BCUT2D eigenvalue weighted by Crippen LogP contribution is -2.11. The largest absolute Gasteiger partial charge is 0.423 e. The molecule has 4 aromatic rings. The molecule has 0 aliphatic rings. The first kappa shape index (κ1) is 18.9. The molecule has 29 heavy (non-hydrogen) atoms. The summed E-state index contributed by atoms with van der Waals surface area (Å²) >= 11 is 5.92. The van der Waals surface area contributed by atoms with Crippen molar-refractivity contribution in [3.8, 4) is 16.9 Å². The van der Waals surface area contributed by atoms with Crippen molar-refractivity contribution in [3.05, 3.63) is 99.1 Å². The highest BCUT2D eigenvalue weighted by Crippen LogP contribution is 2.29. The molecular formula is C23H14ClFO4. The van der Waals surface area contributed by atoms with Crippen LogP contribution in [0.4, 0.5) is 4.39 Å². The molecule has 0 saturated heterocycles. The zero-order chi connectivity index (χ0) is 20.5. The summed E-state index contributed by atoms with van der Waals surface area (Å²) in [6, 6.07) is 17.1. The van der Waals surface area contributed by atoms with Crippen LogP contribution in [0.25, 0.3) is 22.1 Å². The Bertz CT molecular complexity index is 1290. The van der Waals surface area contributed by atoms with E-state index in [-0.39, 0.29) is 16.9 Å². The number of esters is 1. The molecule has 144 valence electrons. The van der Waals surface area contributed by atoms with Gasteiger partial charge in [0.1, 0.15) is 17.1 Å². The number of rotatable bonds is 3. The molecule has 0 bridgehead atoms. The maximum Gasteiger partial charge on any atom is 0.346 e. The van der Waals surface area contributed by atoms with Crippen LogP contribution in [-0.2, 0) is 0 Å². The lowest BCUT2D eigenvalue weighted by Gasteiger charge is -2.10. The van der Waals surface area contributed by atoms with Gasteiger partial charge in [-0.25, -0.2) is 14.0 Å². The first-order valence-electron chi connectivity index (χ1n) is 8.74. The van der Waals surface area contributed by atoms with Crippen molar-refractivity contribution in [3.63, 3.8) is 0 Å². The Morgan fingerprint density at radius 2 is 1.76 bits per heavy atom. The molecule has 0 amide bonds. The second-order valence-electron chi connectivity index (χ2n) is 6.42. The van der Waals surface area contributed by atoms with Crippen LogP contribution >= 0.6 is 11.6 Å². The first-order chi connectivity index (χ1) is 13.9. The van der Waals surface area contributed by atoms with E-state index in [1.54, 1.807) is 42.5 Å². The number of ether oxygens (including phenoxy) is 1. The number of hydrogen-bond acceptors (Lipinski definition) is 4. The monoisotopic (exact) mass is 408 g/mol. The summed E-state index contributed by atoms with van der Waals surface area (Å²) in [5.74, 6) is -1.36. The summed E-state index contributed by atoms with van der Waals surface area (Å²) in [6.45, 7) is 1.81. The summed E-state index contributed by atoms with van der Waals surface area (Å²) < 4.78 is 24.5. The molecule has 0 saturated carbocycles. The minimum Gasteiger partial charge on any atom is -0.423 e. The lowest BCUT2D eigenvalue weighted by atomic mass is 10.00. The average molecular weight is 409 g/mol. The van der Waals surface area contributed by atoms with E-state index < -0.39 is 17.4 Å². The van der Waals surface area contributed by atoms with Crippen molar-refractivity contribution in [2.24, 2.45) is 0 Å². The van der Waals surface area contributed by atoms with Crippen LogP contribution in [0, 0.1) is 12.7 Å². The van der Waals surface area contributed by atoms with Crippen molar-refractivity contribution in [2.45, 2.75) is 6.92 Å². The molecule has 0 aliphatic heterocycles. The Hall–Kier alpha value is -3.44. The van der Waals surface area contributed by atoms with E-state index in [4.69, 9.17) is 20.8 Å². The summed E-state index contributed by atoms with van der Waals surface area (Å²) in [4.78, 5) is 24.8. The number of aryl methyl sites for hydroxylation is 1. The van der Waals surface area contributed by atoms with Crippen molar-refractivity contribution in [1.82, 2.24) is 0 Å². The number of carbonyl (C=O) groups excluding carboxylic acids is 1. The third-order valence-electron chi connectivity index (χ3n) is 4.58. The van der Waals surface area contributed by atoms with Crippen molar-refractivity contribution < 1.29 is 18.3 Å². The third-order valence-corrected chi connectivity index (χ3v) is 4.83. The Morgan fingerprint density at radius 1 is 1.03 bits per heavy atom. The molecule has 1 heterocycles. The fourth-order valence-corrected chi connectivity index (χ4v) is 3.26. The molecule has 4 nitrogen and oxygen atoms in total. The Labute approximate surface area is 170 Å². The molecule has 4 rings (SSSR count). The van der Waals surface area contributed by atoms with Gasteiger partial charge < -0.3 is 9.15 Å². The van der Waals surface area contributed by atoms with Gasteiger partial charge in [0.25, 0.3) is 0 Å². The topological polar surface area (TPSA) is 56.5 Å². The number of hydrogen-bond donors (Lipinski definition) is 0. The lowest BCUT2D eigenvalue weighted by molar-refractivity contribution is 0.0730. The summed E-state index contributed by atoms with van der Waals surface area (Å²) in [5.41, 5.74) is 1.43. The van der Waals surface area contributed by atoms with E-state index in [9.17, 15) is 14.0 Å². The molecule has 0 spiro atoms. The maximum absolute atomic E-state index is 13.8. The normalized spacial score (nSPS) is 10.9. The van der Waals surface area contributed by atoms with Gasteiger partial charge in [0.05, 0.1) is 11.1 Å². The second kappa shape index (κ2) is 7.53. The fourth-order valence-electron chi connectivity index (χ4n) is 3.14. The van der Waals surface area contributed by atoms with Crippen LogP contribution in [0.2, 0.25) is 5.02 Å². The van der Waals surface area contributed by atoms with E-state index in [0.717, 1.165) is 5.56 Å². The van der Waals surface area contributed by atoms with Gasteiger partial charge in [-0.15, -0.1) is 0 Å². The van der Waals surface area contributed by atoms with Gasteiger partial charge in [0, 0.05) is 16.5 Å². The molecule has 1 aromatic heterocycles. The molecule has 3 aromatic carbocycles. The molecule has 0 fully saturated rings. The van der Waals surface area contributed by atoms with Crippen LogP contribution < -0.4 is 10.4 Å². The second-order valence-corrected chi connectivity index (χ2v) is 6.86. The zero-order valence-electron chi connectivity index (χ0n) is 15.2. The average Bonchev–Trinajstić information content (AvgIpc) is 2.69. The number of benzene rings is 3. The van der Waals surface area contributed by atoms with Crippen molar-refractivity contribution in [1.29, 1.82) is 0 Å². The Morgan fingerprint density at radius 3 is 2.48 bits per heavy atom. The van der Waals surface area contributed by atoms with Gasteiger partial charge in [-0.2, -0.15) is 0 Å². The van der Waals surface area contributed by atoms with Crippen molar-refractivity contribution in [2.75, 3.05) is 0 Å². The van der Waals surface area contributed by atoms with E-state index in [2.05, 4.69) is 0 Å². The van der Waals surface area contributed by atoms with E-state index in [1.807, 2.05) is 6.92 Å². The van der Waals surface area contributed by atoms with Crippen LogP contribution in [0.15, 0.2) is 75.9 Å². The maximum atomic E-state index is 13.8. The summed E-state index contributed by atoms with van der Waals surface area (Å²) in [6.07, 6.45) is 0. The van der Waals surface area contributed by atoms with Crippen molar-refractivity contribution >= 4 is 28.5 Å². The van der Waals surface area contributed by atoms with E-state index in [0.29, 0.717) is 21.5 Å². The van der Waals surface area contributed by atoms with Gasteiger partial charge in [-0.3, -0.25) is 0 Å². The van der Waals surface area contributed by atoms with Crippen LogP contribution in [-0.4, -0.2) is 5.97 Å². The highest BCUT2D eigenvalue weighted by atomic mass is 35.5. The quantitative estimate of drug-likeness (QED) is 0.245. The predicted molar refractivity (Wildman–Crippen MR) is 109 cm³/mol. The molecule has 0 N–H and O–H groups in total. The van der Waals surface area contributed by atoms with Crippen LogP contribution in [0.1, 0.15) is 15.9 Å². The number of carbonyl (C=O) groups is 1. The molecule has 0 unspecified atom stereocenters. The molecule has 0 aliphatic carbocycles. The highest BCUT2D eigenvalue weighted by molar-refractivity contribution is 6.30. The van der Waals surface area contributed by atoms with Crippen LogP contribution in [0.5, 0.6) is 5.75 Å². The third kappa shape index (κ3) is 3.65. The fraction of sp³-hybridized carbons (Fsp3) is 0.0435.